The minimum atomic E-state index is -0.219. The molecule has 1 amide bonds. The van der Waals surface area contributed by atoms with Crippen LogP contribution >= 0.6 is 23.2 Å². The minimum absolute atomic E-state index is 0.0574. The number of para-hydroxylation sites is 1. The Kier molecular flexibility index (Phi) is 6.61. The number of anilines is 2. The van der Waals surface area contributed by atoms with Crippen molar-refractivity contribution < 1.29 is 14.3 Å². The second-order valence-corrected chi connectivity index (χ2v) is 6.81. The first kappa shape index (κ1) is 18.8. The molecule has 0 aliphatic carbocycles. The van der Waals surface area contributed by atoms with Crippen LogP contribution in [0, 0.1) is 0 Å². The van der Waals surface area contributed by atoms with E-state index in [0.717, 1.165) is 19.4 Å². The van der Waals surface area contributed by atoms with E-state index in [1.807, 2.05) is 6.07 Å². The zero-order chi connectivity index (χ0) is 18.4. The lowest BCUT2D eigenvalue weighted by atomic mass is 10.2. The van der Waals surface area contributed by atoms with Crippen LogP contribution in [-0.4, -0.2) is 31.8 Å². The molecule has 26 heavy (non-hydrogen) atoms. The third-order valence-corrected chi connectivity index (χ3v) is 4.54. The number of amides is 1. The summed E-state index contributed by atoms with van der Waals surface area (Å²) < 4.78 is 11.4. The molecule has 1 heterocycles. The van der Waals surface area contributed by atoms with Gasteiger partial charge in [0, 0.05) is 11.6 Å². The standard InChI is InChI=1S/C19H20Cl2N2O3/c20-13-7-8-18(26-12-14-4-3-9-25-14)17(10-13)22-11-19(24)23-16-6-2-1-5-15(16)21/h1-2,5-8,10,14,22H,3-4,9,11-12H2,(H,23,24). The molecule has 7 heteroatoms. The number of benzene rings is 2. The molecule has 1 atom stereocenters. The third kappa shape index (κ3) is 5.27. The molecule has 3 rings (SSSR count). The molecule has 0 bridgehead atoms. The van der Waals surface area contributed by atoms with Crippen LogP contribution in [0.5, 0.6) is 5.75 Å². The number of hydrogen-bond acceptors (Lipinski definition) is 4. The van der Waals surface area contributed by atoms with Gasteiger partial charge in [0.05, 0.1) is 29.0 Å². The highest BCUT2D eigenvalue weighted by atomic mass is 35.5. The van der Waals surface area contributed by atoms with Crippen LogP contribution in [0.3, 0.4) is 0 Å². The fourth-order valence-electron chi connectivity index (χ4n) is 2.66. The summed E-state index contributed by atoms with van der Waals surface area (Å²) in [4.78, 5) is 12.2. The summed E-state index contributed by atoms with van der Waals surface area (Å²) in [6.45, 7) is 1.31. The highest BCUT2D eigenvalue weighted by Crippen LogP contribution is 2.29. The van der Waals surface area contributed by atoms with Crippen molar-refractivity contribution in [3.05, 3.63) is 52.5 Å². The molecule has 1 unspecified atom stereocenters. The summed E-state index contributed by atoms with van der Waals surface area (Å²) in [5.41, 5.74) is 1.23. The largest absolute Gasteiger partial charge is 0.489 e. The number of carbonyl (C=O) groups is 1. The van der Waals surface area contributed by atoms with Crippen LogP contribution in [0.25, 0.3) is 0 Å². The molecule has 1 aliphatic rings. The number of ether oxygens (including phenoxy) is 2. The van der Waals surface area contributed by atoms with E-state index in [1.54, 1.807) is 36.4 Å². The van der Waals surface area contributed by atoms with Crippen molar-refractivity contribution >= 4 is 40.5 Å². The number of rotatable bonds is 7. The van der Waals surface area contributed by atoms with Crippen molar-refractivity contribution in [2.24, 2.45) is 0 Å². The van der Waals surface area contributed by atoms with Crippen LogP contribution in [0.1, 0.15) is 12.8 Å². The van der Waals surface area contributed by atoms with Gasteiger partial charge in [0.25, 0.3) is 0 Å². The molecule has 5 nitrogen and oxygen atoms in total. The van der Waals surface area contributed by atoms with Gasteiger partial charge in [0.15, 0.2) is 0 Å². The fraction of sp³-hybridized carbons (Fsp3) is 0.316. The van der Waals surface area contributed by atoms with Gasteiger partial charge in [-0.15, -0.1) is 0 Å². The van der Waals surface area contributed by atoms with Crippen molar-refractivity contribution in [2.45, 2.75) is 18.9 Å². The Balaban J connectivity index is 1.58. The van der Waals surface area contributed by atoms with Gasteiger partial charge in [-0.3, -0.25) is 4.79 Å². The average Bonchev–Trinajstić information content (AvgIpc) is 3.15. The Bertz CT molecular complexity index is 764. The summed E-state index contributed by atoms with van der Waals surface area (Å²) in [5.74, 6) is 0.415. The van der Waals surface area contributed by atoms with Crippen molar-refractivity contribution in [3.8, 4) is 5.75 Å². The van der Waals surface area contributed by atoms with Crippen LogP contribution in [0.2, 0.25) is 10.0 Å². The van der Waals surface area contributed by atoms with Gasteiger partial charge in [0.1, 0.15) is 12.4 Å². The van der Waals surface area contributed by atoms with E-state index in [9.17, 15) is 4.79 Å². The normalized spacial score (nSPS) is 16.3. The predicted octanol–water partition coefficient (Wildman–Crippen LogP) is 4.60. The number of nitrogens with one attached hydrogen (secondary N) is 2. The van der Waals surface area contributed by atoms with Gasteiger partial charge in [-0.25, -0.2) is 0 Å². The molecule has 0 saturated carbocycles. The SMILES string of the molecule is O=C(CNc1cc(Cl)ccc1OCC1CCCO1)Nc1ccccc1Cl. The second-order valence-electron chi connectivity index (χ2n) is 5.97. The van der Waals surface area contributed by atoms with Crippen LogP contribution in [0.4, 0.5) is 11.4 Å². The van der Waals surface area contributed by atoms with E-state index in [0.29, 0.717) is 33.8 Å². The number of hydrogen-bond donors (Lipinski definition) is 2. The molecule has 1 aliphatic heterocycles. The first-order valence-electron chi connectivity index (χ1n) is 8.44. The molecule has 138 valence electrons. The van der Waals surface area contributed by atoms with E-state index >= 15 is 0 Å². The third-order valence-electron chi connectivity index (χ3n) is 3.98. The Hall–Kier alpha value is -1.95. The summed E-state index contributed by atoms with van der Waals surface area (Å²) in [5, 5.41) is 6.88. The van der Waals surface area contributed by atoms with Crippen molar-refractivity contribution in [2.75, 3.05) is 30.4 Å². The fourth-order valence-corrected chi connectivity index (χ4v) is 3.01. The smallest absolute Gasteiger partial charge is 0.243 e. The summed E-state index contributed by atoms with van der Waals surface area (Å²) >= 11 is 12.1. The van der Waals surface area contributed by atoms with Crippen LogP contribution in [-0.2, 0) is 9.53 Å². The van der Waals surface area contributed by atoms with Gasteiger partial charge in [-0.1, -0.05) is 35.3 Å². The first-order valence-corrected chi connectivity index (χ1v) is 9.19. The Labute approximate surface area is 162 Å². The van der Waals surface area contributed by atoms with Crippen molar-refractivity contribution in [1.29, 1.82) is 0 Å². The monoisotopic (exact) mass is 394 g/mol. The lowest BCUT2D eigenvalue weighted by molar-refractivity contribution is -0.114. The molecule has 0 aromatic heterocycles. The van der Waals surface area contributed by atoms with E-state index in [1.165, 1.54) is 0 Å². The maximum Gasteiger partial charge on any atom is 0.243 e. The molecule has 0 radical (unpaired) electrons. The zero-order valence-electron chi connectivity index (χ0n) is 14.1. The van der Waals surface area contributed by atoms with E-state index in [-0.39, 0.29) is 18.6 Å². The van der Waals surface area contributed by atoms with E-state index in [2.05, 4.69) is 10.6 Å². The molecule has 0 spiro atoms. The summed E-state index contributed by atoms with van der Waals surface area (Å²) in [6, 6.07) is 12.3. The summed E-state index contributed by atoms with van der Waals surface area (Å²) in [6.07, 6.45) is 2.17. The lowest BCUT2D eigenvalue weighted by Gasteiger charge is -2.16. The van der Waals surface area contributed by atoms with Gasteiger partial charge >= 0.3 is 0 Å². The maximum atomic E-state index is 12.2. The van der Waals surface area contributed by atoms with Crippen molar-refractivity contribution in [1.82, 2.24) is 0 Å². The van der Waals surface area contributed by atoms with E-state index < -0.39 is 0 Å². The highest BCUT2D eigenvalue weighted by molar-refractivity contribution is 6.33. The average molecular weight is 395 g/mol. The minimum Gasteiger partial charge on any atom is -0.489 e. The second kappa shape index (κ2) is 9.12. The quantitative estimate of drug-likeness (QED) is 0.719. The molecular formula is C19H20Cl2N2O3. The lowest BCUT2D eigenvalue weighted by Crippen LogP contribution is -2.22. The van der Waals surface area contributed by atoms with Crippen LogP contribution in [0.15, 0.2) is 42.5 Å². The Morgan fingerprint density at radius 1 is 1.19 bits per heavy atom. The molecule has 1 saturated heterocycles. The van der Waals surface area contributed by atoms with Crippen LogP contribution < -0.4 is 15.4 Å². The van der Waals surface area contributed by atoms with Gasteiger partial charge in [0.2, 0.25) is 5.91 Å². The first-order chi connectivity index (χ1) is 12.6. The van der Waals surface area contributed by atoms with Gasteiger partial charge < -0.3 is 20.1 Å². The Morgan fingerprint density at radius 2 is 2.04 bits per heavy atom. The molecule has 2 aromatic carbocycles. The predicted molar refractivity (Wildman–Crippen MR) is 104 cm³/mol. The maximum absolute atomic E-state index is 12.2. The Morgan fingerprint density at radius 3 is 2.81 bits per heavy atom. The molecule has 2 aromatic rings. The zero-order valence-corrected chi connectivity index (χ0v) is 15.6. The molecule has 2 N–H and O–H groups in total. The summed E-state index contributed by atoms with van der Waals surface area (Å²) in [7, 11) is 0. The number of halogens is 2. The molecule has 1 fully saturated rings. The van der Waals surface area contributed by atoms with Gasteiger partial charge in [-0.05, 0) is 43.2 Å². The topological polar surface area (TPSA) is 59.6 Å². The van der Waals surface area contributed by atoms with E-state index in [4.69, 9.17) is 32.7 Å². The highest BCUT2D eigenvalue weighted by Gasteiger charge is 2.17. The van der Waals surface area contributed by atoms with Gasteiger partial charge in [-0.2, -0.15) is 0 Å². The molecular weight excluding hydrogens is 375 g/mol. The van der Waals surface area contributed by atoms with Crippen molar-refractivity contribution in [3.63, 3.8) is 0 Å². The number of carbonyl (C=O) groups excluding carboxylic acids is 1.